The predicted molar refractivity (Wildman–Crippen MR) is 55.9 cm³/mol. The average Bonchev–Trinajstić information content (AvgIpc) is 2.58. The van der Waals surface area contributed by atoms with Gasteiger partial charge in [0.1, 0.15) is 5.01 Å². The van der Waals surface area contributed by atoms with Gasteiger partial charge in [-0.2, -0.15) is 0 Å². The van der Waals surface area contributed by atoms with E-state index in [4.69, 9.17) is 11.6 Å². The zero-order chi connectivity index (χ0) is 8.55. The third-order valence-corrected chi connectivity index (χ3v) is 3.79. The van der Waals surface area contributed by atoms with Gasteiger partial charge in [0.2, 0.25) is 4.47 Å². The van der Waals surface area contributed by atoms with Gasteiger partial charge in [-0.25, -0.2) is 0 Å². The molecule has 0 spiro atoms. The highest BCUT2D eigenvalue weighted by Crippen LogP contribution is 2.31. The zero-order valence-corrected chi connectivity index (χ0v) is 9.60. The van der Waals surface area contributed by atoms with E-state index in [2.05, 4.69) is 26.1 Å². The number of aromatic nitrogens is 2. The van der Waals surface area contributed by atoms with Crippen LogP contribution in [-0.2, 0) is 0 Å². The molecule has 0 atom stereocenters. The molecule has 0 aliphatic rings. The van der Waals surface area contributed by atoms with Crippen LogP contribution in [0, 0.1) is 0 Å². The van der Waals surface area contributed by atoms with Gasteiger partial charge in [-0.05, 0) is 33.6 Å². The minimum Gasteiger partial charge on any atom is -0.137 e. The second kappa shape index (κ2) is 3.41. The molecule has 0 amide bonds. The van der Waals surface area contributed by atoms with Gasteiger partial charge < -0.3 is 0 Å². The van der Waals surface area contributed by atoms with Crippen LogP contribution >= 0.6 is 50.2 Å². The normalized spacial score (nSPS) is 10.5. The standard InChI is InChI=1S/C6H2BrClN2S2/c7-4-1-3(2-11-4)5-9-10-6(8)12-5/h1-2H. The van der Waals surface area contributed by atoms with E-state index < -0.39 is 0 Å². The summed E-state index contributed by atoms with van der Waals surface area (Å²) in [7, 11) is 0. The molecule has 2 rings (SSSR count). The fourth-order valence-corrected chi connectivity index (χ4v) is 2.78. The van der Waals surface area contributed by atoms with Crippen molar-refractivity contribution in [3.05, 3.63) is 19.7 Å². The van der Waals surface area contributed by atoms with Crippen molar-refractivity contribution in [3.8, 4) is 10.6 Å². The van der Waals surface area contributed by atoms with Gasteiger partial charge in [0.05, 0.1) is 3.79 Å². The van der Waals surface area contributed by atoms with Gasteiger partial charge >= 0.3 is 0 Å². The lowest BCUT2D eigenvalue weighted by Gasteiger charge is -1.82. The lowest BCUT2D eigenvalue weighted by molar-refractivity contribution is 1.10. The number of hydrogen-bond acceptors (Lipinski definition) is 4. The van der Waals surface area contributed by atoms with E-state index in [0.717, 1.165) is 14.4 Å². The van der Waals surface area contributed by atoms with Gasteiger partial charge in [0, 0.05) is 10.9 Å². The first-order valence-corrected chi connectivity index (χ1v) is 5.86. The average molecular weight is 282 g/mol. The van der Waals surface area contributed by atoms with Crippen LogP contribution in [0.25, 0.3) is 10.6 Å². The second-order valence-corrected chi connectivity index (χ2v) is 5.85. The molecule has 0 bridgehead atoms. The molecule has 2 aromatic heterocycles. The first-order valence-electron chi connectivity index (χ1n) is 2.99. The van der Waals surface area contributed by atoms with Crippen molar-refractivity contribution in [1.29, 1.82) is 0 Å². The van der Waals surface area contributed by atoms with E-state index in [1.807, 2.05) is 11.4 Å². The Morgan fingerprint density at radius 3 is 2.75 bits per heavy atom. The highest BCUT2D eigenvalue weighted by molar-refractivity contribution is 9.11. The molecule has 0 aromatic carbocycles. The molecule has 12 heavy (non-hydrogen) atoms. The number of rotatable bonds is 1. The summed E-state index contributed by atoms with van der Waals surface area (Å²) in [6, 6.07) is 2.00. The molecular formula is C6H2BrClN2S2. The maximum absolute atomic E-state index is 5.65. The summed E-state index contributed by atoms with van der Waals surface area (Å²) in [4.78, 5) is 0. The monoisotopic (exact) mass is 280 g/mol. The van der Waals surface area contributed by atoms with E-state index in [1.165, 1.54) is 11.3 Å². The summed E-state index contributed by atoms with van der Waals surface area (Å²) in [5, 5.41) is 10.5. The molecule has 2 aromatic rings. The van der Waals surface area contributed by atoms with Crippen LogP contribution in [0.5, 0.6) is 0 Å². The molecule has 2 nitrogen and oxygen atoms in total. The van der Waals surface area contributed by atoms with Gasteiger partial charge in [0.15, 0.2) is 0 Å². The highest BCUT2D eigenvalue weighted by Gasteiger charge is 2.06. The fraction of sp³-hybridized carbons (Fsp3) is 0. The van der Waals surface area contributed by atoms with Crippen LogP contribution in [0.1, 0.15) is 0 Å². The molecule has 0 radical (unpaired) electrons. The number of hydrogen-bond donors (Lipinski definition) is 0. The third-order valence-electron chi connectivity index (χ3n) is 1.21. The van der Waals surface area contributed by atoms with Crippen molar-refractivity contribution >= 4 is 50.2 Å². The smallest absolute Gasteiger partial charge is 0.137 e. The molecule has 0 aliphatic heterocycles. The molecule has 0 aliphatic carbocycles. The van der Waals surface area contributed by atoms with Gasteiger partial charge in [-0.3, -0.25) is 0 Å². The topological polar surface area (TPSA) is 25.8 Å². The van der Waals surface area contributed by atoms with Crippen LogP contribution in [0.4, 0.5) is 0 Å². The number of halogens is 2. The lowest BCUT2D eigenvalue weighted by Crippen LogP contribution is -1.70. The fourth-order valence-electron chi connectivity index (χ4n) is 0.744. The molecular weight excluding hydrogens is 280 g/mol. The Morgan fingerprint density at radius 1 is 1.42 bits per heavy atom. The van der Waals surface area contributed by atoms with Crippen LogP contribution in [-0.4, -0.2) is 10.2 Å². The first kappa shape index (κ1) is 8.62. The van der Waals surface area contributed by atoms with Crippen LogP contribution in [0.15, 0.2) is 15.2 Å². The molecule has 6 heteroatoms. The van der Waals surface area contributed by atoms with Crippen molar-refractivity contribution < 1.29 is 0 Å². The predicted octanol–water partition coefficient (Wildman–Crippen LogP) is 3.68. The van der Waals surface area contributed by atoms with Gasteiger partial charge in [0.25, 0.3) is 0 Å². The van der Waals surface area contributed by atoms with Crippen molar-refractivity contribution in [3.63, 3.8) is 0 Å². The summed E-state index contributed by atoms with van der Waals surface area (Å²) >= 11 is 12.0. The number of thiophene rings is 1. The summed E-state index contributed by atoms with van der Waals surface area (Å²) in [5.74, 6) is 0. The van der Waals surface area contributed by atoms with Crippen molar-refractivity contribution in [2.45, 2.75) is 0 Å². The van der Waals surface area contributed by atoms with Crippen LogP contribution in [0.3, 0.4) is 0 Å². The quantitative estimate of drug-likeness (QED) is 0.797. The Kier molecular flexibility index (Phi) is 2.45. The van der Waals surface area contributed by atoms with Crippen LogP contribution < -0.4 is 0 Å². The molecule has 62 valence electrons. The minimum absolute atomic E-state index is 0.479. The molecule has 0 saturated carbocycles. The Hall–Kier alpha value is 0.0300. The summed E-state index contributed by atoms with van der Waals surface area (Å²) in [5.41, 5.74) is 1.07. The largest absolute Gasteiger partial charge is 0.207 e. The van der Waals surface area contributed by atoms with E-state index >= 15 is 0 Å². The molecule has 0 N–H and O–H groups in total. The first-order chi connectivity index (χ1) is 5.75. The maximum atomic E-state index is 5.65. The SMILES string of the molecule is Clc1nnc(-c2csc(Br)c2)s1. The molecule has 0 unspecified atom stereocenters. The molecule has 0 fully saturated rings. The van der Waals surface area contributed by atoms with E-state index in [1.54, 1.807) is 11.3 Å². The van der Waals surface area contributed by atoms with Crippen LogP contribution in [0.2, 0.25) is 4.47 Å². The Balaban J connectivity index is 2.43. The second-order valence-electron chi connectivity index (χ2n) is 2.00. The highest BCUT2D eigenvalue weighted by atomic mass is 79.9. The van der Waals surface area contributed by atoms with Crippen molar-refractivity contribution in [2.75, 3.05) is 0 Å². The van der Waals surface area contributed by atoms with E-state index in [9.17, 15) is 0 Å². The minimum atomic E-state index is 0.479. The Labute approximate surface area is 90.3 Å². The molecule has 0 saturated heterocycles. The third kappa shape index (κ3) is 1.69. The molecule has 2 heterocycles. The van der Waals surface area contributed by atoms with Crippen molar-refractivity contribution in [1.82, 2.24) is 10.2 Å². The summed E-state index contributed by atoms with van der Waals surface area (Å²) < 4.78 is 1.57. The summed E-state index contributed by atoms with van der Waals surface area (Å²) in [6.07, 6.45) is 0. The van der Waals surface area contributed by atoms with Crippen molar-refractivity contribution in [2.24, 2.45) is 0 Å². The van der Waals surface area contributed by atoms with E-state index in [0.29, 0.717) is 4.47 Å². The Bertz CT molecular complexity index is 359. The summed E-state index contributed by atoms with van der Waals surface area (Å²) in [6.45, 7) is 0. The maximum Gasteiger partial charge on any atom is 0.207 e. The zero-order valence-electron chi connectivity index (χ0n) is 5.62. The lowest BCUT2D eigenvalue weighted by atomic mass is 10.4. The van der Waals surface area contributed by atoms with Gasteiger partial charge in [-0.15, -0.1) is 21.5 Å². The van der Waals surface area contributed by atoms with Gasteiger partial charge in [-0.1, -0.05) is 11.3 Å². The Morgan fingerprint density at radius 2 is 2.25 bits per heavy atom. The van der Waals surface area contributed by atoms with E-state index in [-0.39, 0.29) is 0 Å². The number of nitrogens with zero attached hydrogens (tertiary/aromatic N) is 2.